The second kappa shape index (κ2) is 5.10. The lowest BCUT2D eigenvalue weighted by molar-refractivity contribution is -0.402. The van der Waals surface area contributed by atoms with Gasteiger partial charge in [-0.3, -0.25) is 19.7 Å². The van der Waals surface area contributed by atoms with Crippen LogP contribution in [0.15, 0.2) is 16.7 Å². The number of ether oxygens (including phenoxy) is 2. The molecule has 0 bridgehead atoms. The van der Waals surface area contributed by atoms with Crippen LogP contribution >= 0.6 is 0 Å². The molecule has 0 radical (unpaired) electrons. The first-order valence-corrected chi connectivity index (χ1v) is 4.47. The lowest BCUT2D eigenvalue weighted by Crippen LogP contribution is -2.14. The van der Waals surface area contributed by atoms with E-state index >= 15 is 0 Å². The average molecular weight is 243 g/mol. The molecule has 0 aliphatic rings. The molecule has 0 fully saturated rings. The van der Waals surface area contributed by atoms with Crippen molar-refractivity contribution in [3.05, 3.63) is 28.0 Å². The minimum Gasteiger partial charge on any atom is -0.421 e. The highest BCUT2D eigenvalue weighted by Gasteiger charge is 2.23. The van der Waals surface area contributed by atoms with Crippen LogP contribution in [0.4, 0.5) is 5.88 Å². The molecule has 0 atom stereocenters. The van der Waals surface area contributed by atoms with Crippen molar-refractivity contribution < 1.29 is 28.4 Å². The number of furan rings is 1. The van der Waals surface area contributed by atoms with Gasteiger partial charge in [0.05, 0.1) is 11.6 Å². The molecule has 0 N–H and O–H groups in total. The highest BCUT2D eigenvalue weighted by Crippen LogP contribution is 2.25. The zero-order valence-corrected chi connectivity index (χ0v) is 9.04. The van der Waals surface area contributed by atoms with Gasteiger partial charge in [-0.1, -0.05) is 0 Å². The van der Waals surface area contributed by atoms with E-state index < -0.39 is 29.0 Å². The summed E-state index contributed by atoms with van der Waals surface area (Å²) in [5.41, 5.74) is 0.0714. The maximum atomic E-state index is 10.8. The Morgan fingerprint density at radius 2 is 1.88 bits per heavy atom. The predicted molar refractivity (Wildman–Crippen MR) is 51.6 cm³/mol. The largest absolute Gasteiger partial charge is 0.433 e. The SMILES string of the molecule is CC(=O)OC(OC(C)=O)c1coc([N+](=O)[O-])c1. The van der Waals surface area contributed by atoms with Crippen LogP contribution in [0.1, 0.15) is 25.7 Å². The van der Waals surface area contributed by atoms with Gasteiger partial charge in [0.1, 0.15) is 11.2 Å². The monoisotopic (exact) mass is 243 g/mol. The molecule has 0 aromatic carbocycles. The highest BCUT2D eigenvalue weighted by molar-refractivity contribution is 5.68. The quantitative estimate of drug-likeness (QED) is 0.339. The Kier molecular flexibility index (Phi) is 3.81. The second-order valence-electron chi connectivity index (χ2n) is 3.03. The Labute approximate surface area is 95.3 Å². The van der Waals surface area contributed by atoms with Crippen LogP contribution in [0.25, 0.3) is 0 Å². The molecule has 0 spiro atoms. The van der Waals surface area contributed by atoms with E-state index in [1.165, 1.54) is 0 Å². The van der Waals surface area contributed by atoms with E-state index in [4.69, 9.17) is 0 Å². The third-order valence-corrected chi connectivity index (χ3v) is 1.60. The molecule has 0 aliphatic heterocycles. The van der Waals surface area contributed by atoms with E-state index in [1.807, 2.05) is 0 Å². The Hall–Kier alpha value is -2.38. The minimum absolute atomic E-state index is 0.0714. The van der Waals surface area contributed by atoms with Crippen molar-refractivity contribution in [3.63, 3.8) is 0 Å². The molecule has 8 nitrogen and oxygen atoms in total. The molecule has 92 valence electrons. The van der Waals surface area contributed by atoms with E-state index in [0.717, 1.165) is 26.2 Å². The van der Waals surface area contributed by atoms with Gasteiger partial charge in [0, 0.05) is 13.8 Å². The minimum atomic E-state index is -1.34. The maximum Gasteiger partial charge on any atom is 0.433 e. The third kappa shape index (κ3) is 3.59. The molecule has 0 unspecified atom stereocenters. The predicted octanol–water partition coefficient (Wildman–Crippen LogP) is 1.31. The summed E-state index contributed by atoms with van der Waals surface area (Å²) in [6, 6.07) is 1.01. The topological polar surface area (TPSA) is 109 Å². The first-order valence-electron chi connectivity index (χ1n) is 4.47. The van der Waals surface area contributed by atoms with Gasteiger partial charge >= 0.3 is 17.8 Å². The molecular weight excluding hydrogens is 234 g/mol. The standard InChI is InChI=1S/C9H9NO7/c1-5(11)16-9(17-6(2)12)7-3-8(10(13)14)15-4-7/h3-4,9H,1-2H3. The van der Waals surface area contributed by atoms with Crippen molar-refractivity contribution in [2.45, 2.75) is 20.1 Å². The van der Waals surface area contributed by atoms with E-state index in [1.54, 1.807) is 0 Å². The fraction of sp³-hybridized carbons (Fsp3) is 0.333. The molecule has 0 aliphatic carbocycles. The zero-order valence-electron chi connectivity index (χ0n) is 9.04. The summed E-state index contributed by atoms with van der Waals surface area (Å²) >= 11 is 0. The van der Waals surface area contributed by atoms with E-state index in [2.05, 4.69) is 13.9 Å². The Morgan fingerprint density at radius 1 is 1.35 bits per heavy atom. The average Bonchev–Trinajstić information content (AvgIpc) is 2.63. The Balaban J connectivity index is 2.90. The van der Waals surface area contributed by atoms with Gasteiger partial charge < -0.3 is 13.9 Å². The summed E-state index contributed by atoms with van der Waals surface area (Å²) in [5.74, 6) is -1.93. The van der Waals surface area contributed by atoms with Gasteiger partial charge in [-0.2, -0.15) is 0 Å². The fourth-order valence-corrected chi connectivity index (χ4v) is 1.02. The summed E-state index contributed by atoms with van der Waals surface area (Å²) in [7, 11) is 0. The smallest absolute Gasteiger partial charge is 0.421 e. The lowest BCUT2D eigenvalue weighted by atomic mass is 10.3. The van der Waals surface area contributed by atoms with Crippen LogP contribution in [0, 0.1) is 10.1 Å². The van der Waals surface area contributed by atoms with Crippen LogP contribution in [-0.2, 0) is 19.1 Å². The summed E-state index contributed by atoms with van der Waals surface area (Å²) < 4.78 is 13.9. The van der Waals surface area contributed by atoms with Crippen molar-refractivity contribution in [1.29, 1.82) is 0 Å². The molecule has 8 heteroatoms. The zero-order chi connectivity index (χ0) is 13.0. The first kappa shape index (κ1) is 12.7. The van der Waals surface area contributed by atoms with Gasteiger partial charge in [0.25, 0.3) is 6.29 Å². The van der Waals surface area contributed by atoms with Gasteiger partial charge in [-0.15, -0.1) is 0 Å². The van der Waals surface area contributed by atoms with Crippen LogP contribution in [0.3, 0.4) is 0 Å². The molecule has 0 amide bonds. The molecule has 0 saturated heterocycles. The number of rotatable bonds is 4. The van der Waals surface area contributed by atoms with Crippen LogP contribution in [-0.4, -0.2) is 16.9 Å². The van der Waals surface area contributed by atoms with Crippen LogP contribution in [0.2, 0.25) is 0 Å². The van der Waals surface area contributed by atoms with Crippen LogP contribution in [0.5, 0.6) is 0 Å². The van der Waals surface area contributed by atoms with Crippen molar-refractivity contribution in [2.24, 2.45) is 0 Å². The first-order chi connectivity index (χ1) is 7.90. The molecular formula is C9H9NO7. The van der Waals surface area contributed by atoms with Crippen LogP contribution < -0.4 is 0 Å². The molecule has 0 saturated carbocycles. The normalized spacial score (nSPS) is 10.1. The van der Waals surface area contributed by atoms with Crippen molar-refractivity contribution >= 4 is 17.8 Å². The number of hydrogen-bond acceptors (Lipinski definition) is 7. The number of hydrogen-bond donors (Lipinski definition) is 0. The molecule has 17 heavy (non-hydrogen) atoms. The number of esters is 2. The van der Waals surface area contributed by atoms with Crippen molar-refractivity contribution in [1.82, 2.24) is 0 Å². The van der Waals surface area contributed by atoms with E-state index in [-0.39, 0.29) is 5.56 Å². The molecule has 1 rings (SSSR count). The number of carbonyl (C=O) groups is 2. The third-order valence-electron chi connectivity index (χ3n) is 1.60. The maximum absolute atomic E-state index is 10.8. The summed E-state index contributed by atoms with van der Waals surface area (Å²) in [4.78, 5) is 31.2. The Bertz CT molecular complexity index is 434. The lowest BCUT2D eigenvalue weighted by Gasteiger charge is -2.14. The molecule has 1 aromatic rings. The number of nitrogens with zero attached hydrogens (tertiary/aromatic N) is 1. The summed E-state index contributed by atoms with van der Waals surface area (Å²) in [6.07, 6.45) is -0.364. The fourth-order valence-electron chi connectivity index (χ4n) is 1.02. The van der Waals surface area contributed by atoms with Gasteiger partial charge in [0.2, 0.25) is 0 Å². The Morgan fingerprint density at radius 3 is 2.24 bits per heavy atom. The molecule has 1 heterocycles. The molecule has 1 aromatic heterocycles. The summed E-state index contributed by atoms with van der Waals surface area (Å²) in [6.45, 7) is 2.23. The van der Waals surface area contributed by atoms with E-state index in [0.29, 0.717) is 0 Å². The van der Waals surface area contributed by atoms with E-state index in [9.17, 15) is 19.7 Å². The highest BCUT2D eigenvalue weighted by atomic mass is 16.7. The number of carbonyl (C=O) groups excluding carboxylic acids is 2. The second-order valence-corrected chi connectivity index (χ2v) is 3.03. The van der Waals surface area contributed by atoms with Crippen molar-refractivity contribution in [2.75, 3.05) is 0 Å². The van der Waals surface area contributed by atoms with Gasteiger partial charge in [0.15, 0.2) is 0 Å². The van der Waals surface area contributed by atoms with Gasteiger partial charge in [-0.05, 0) is 0 Å². The van der Waals surface area contributed by atoms with Gasteiger partial charge in [-0.25, -0.2) is 0 Å². The van der Waals surface area contributed by atoms with Crippen molar-refractivity contribution in [3.8, 4) is 0 Å². The number of nitro groups is 1. The summed E-state index contributed by atoms with van der Waals surface area (Å²) in [5, 5.41) is 10.4.